The van der Waals surface area contributed by atoms with E-state index in [9.17, 15) is 4.79 Å². The standard InChI is InChI=1S/C15H17NO/c1-16(2)13-12-15(17)11-7-6-10-14-8-4-3-5-9-14/h3-13H,1-2H3/b10-6+,11-7-,13-12+. The highest BCUT2D eigenvalue weighted by molar-refractivity contribution is 5.99. The fraction of sp³-hybridized carbons (Fsp3) is 0.133. The summed E-state index contributed by atoms with van der Waals surface area (Å²) in [4.78, 5) is 13.1. The first kappa shape index (κ1) is 13.0. The van der Waals surface area contributed by atoms with Crippen molar-refractivity contribution in [2.45, 2.75) is 0 Å². The molecule has 0 saturated carbocycles. The smallest absolute Gasteiger partial charge is 0.180 e. The second-order valence-corrected chi connectivity index (χ2v) is 3.81. The molecule has 0 amide bonds. The summed E-state index contributed by atoms with van der Waals surface area (Å²) < 4.78 is 0. The van der Waals surface area contributed by atoms with E-state index in [1.807, 2.05) is 61.5 Å². The SMILES string of the molecule is CN(C)/C=C/C(=O)/C=C\C=C\c1ccccc1. The van der Waals surface area contributed by atoms with Gasteiger partial charge >= 0.3 is 0 Å². The third-order valence-corrected chi connectivity index (χ3v) is 2.00. The van der Waals surface area contributed by atoms with Crippen molar-refractivity contribution >= 4 is 11.9 Å². The maximum atomic E-state index is 11.3. The van der Waals surface area contributed by atoms with E-state index in [2.05, 4.69) is 0 Å². The van der Waals surface area contributed by atoms with Gasteiger partial charge in [-0.05, 0) is 11.6 Å². The molecule has 2 nitrogen and oxygen atoms in total. The first-order chi connectivity index (χ1) is 8.18. The lowest BCUT2D eigenvalue weighted by Crippen LogP contribution is -2.01. The van der Waals surface area contributed by atoms with Gasteiger partial charge in [0.2, 0.25) is 0 Å². The van der Waals surface area contributed by atoms with Gasteiger partial charge in [-0.2, -0.15) is 0 Å². The van der Waals surface area contributed by atoms with E-state index in [0.717, 1.165) is 5.56 Å². The van der Waals surface area contributed by atoms with Gasteiger partial charge in [0.25, 0.3) is 0 Å². The van der Waals surface area contributed by atoms with Crippen LogP contribution < -0.4 is 0 Å². The Hall–Kier alpha value is -2.09. The molecular formula is C15H17NO. The molecule has 1 aromatic carbocycles. The van der Waals surface area contributed by atoms with E-state index in [0.29, 0.717) is 0 Å². The van der Waals surface area contributed by atoms with Gasteiger partial charge in [-0.15, -0.1) is 0 Å². The van der Waals surface area contributed by atoms with Gasteiger partial charge in [0.15, 0.2) is 5.78 Å². The molecule has 0 saturated heterocycles. The van der Waals surface area contributed by atoms with Crippen LogP contribution in [-0.2, 0) is 4.79 Å². The lowest BCUT2D eigenvalue weighted by Gasteiger charge is -2.00. The van der Waals surface area contributed by atoms with Crippen LogP contribution >= 0.6 is 0 Å². The Labute approximate surface area is 103 Å². The van der Waals surface area contributed by atoms with Crippen LogP contribution in [0.5, 0.6) is 0 Å². The Morgan fingerprint density at radius 3 is 2.41 bits per heavy atom. The van der Waals surface area contributed by atoms with Gasteiger partial charge < -0.3 is 4.90 Å². The predicted molar refractivity (Wildman–Crippen MR) is 72.5 cm³/mol. The largest absolute Gasteiger partial charge is 0.383 e. The van der Waals surface area contributed by atoms with E-state index >= 15 is 0 Å². The van der Waals surface area contributed by atoms with E-state index in [1.54, 1.807) is 18.4 Å². The van der Waals surface area contributed by atoms with Crippen molar-refractivity contribution in [3.63, 3.8) is 0 Å². The number of carbonyl (C=O) groups is 1. The van der Waals surface area contributed by atoms with Gasteiger partial charge in [0.1, 0.15) is 0 Å². The van der Waals surface area contributed by atoms with E-state index < -0.39 is 0 Å². The lowest BCUT2D eigenvalue weighted by atomic mass is 10.2. The lowest BCUT2D eigenvalue weighted by molar-refractivity contribution is -0.110. The number of ketones is 1. The molecule has 0 aromatic heterocycles. The molecule has 0 spiro atoms. The molecule has 0 aliphatic heterocycles. The van der Waals surface area contributed by atoms with Crippen molar-refractivity contribution in [1.82, 2.24) is 4.90 Å². The molecule has 0 heterocycles. The number of nitrogens with zero attached hydrogens (tertiary/aromatic N) is 1. The Kier molecular flexibility index (Phi) is 5.52. The Morgan fingerprint density at radius 2 is 1.76 bits per heavy atom. The Balaban J connectivity index is 2.45. The normalized spacial score (nSPS) is 11.6. The summed E-state index contributed by atoms with van der Waals surface area (Å²) >= 11 is 0. The van der Waals surface area contributed by atoms with Crippen LogP contribution in [0.15, 0.2) is 60.8 Å². The van der Waals surface area contributed by atoms with E-state index in [-0.39, 0.29) is 5.78 Å². The monoisotopic (exact) mass is 227 g/mol. The molecule has 0 aliphatic rings. The van der Waals surface area contributed by atoms with Crippen molar-refractivity contribution in [2.24, 2.45) is 0 Å². The van der Waals surface area contributed by atoms with Crippen LogP contribution in [0.25, 0.3) is 6.08 Å². The zero-order valence-corrected chi connectivity index (χ0v) is 10.2. The minimum atomic E-state index is -0.0172. The van der Waals surface area contributed by atoms with Crippen molar-refractivity contribution in [1.29, 1.82) is 0 Å². The summed E-state index contributed by atoms with van der Waals surface area (Å²) in [7, 11) is 3.76. The fourth-order valence-corrected chi connectivity index (χ4v) is 1.16. The predicted octanol–water partition coefficient (Wildman–Crippen LogP) is 2.90. The molecule has 0 bridgehead atoms. The first-order valence-corrected chi connectivity index (χ1v) is 5.47. The molecule has 0 radical (unpaired) electrons. The van der Waals surface area contributed by atoms with Crippen molar-refractivity contribution < 1.29 is 4.79 Å². The average molecular weight is 227 g/mol. The van der Waals surface area contributed by atoms with Gasteiger partial charge in [-0.1, -0.05) is 48.6 Å². The first-order valence-electron chi connectivity index (χ1n) is 5.47. The maximum Gasteiger partial charge on any atom is 0.180 e. The number of carbonyl (C=O) groups excluding carboxylic acids is 1. The maximum absolute atomic E-state index is 11.3. The molecule has 0 fully saturated rings. The van der Waals surface area contributed by atoms with Crippen LogP contribution in [0.1, 0.15) is 5.56 Å². The van der Waals surface area contributed by atoms with E-state index in [1.165, 1.54) is 6.08 Å². The summed E-state index contributed by atoms with van der Waals surface area (Å²) in [6.45, 7) is 0. The summed E-state index contributed by atoms with van der Waals surface area (Å²) in [6.07, 6.45) is 10.4. The van der Waals surface area contributed by atoms with E-state index in [4.69, 9.17) is 0 Å². The topological polar surface area (TPSA) is 20.3 Å². The molecule has 0 unspecified atom stereocenters. The van der Waals surface area contributed by atoms with Gasteiger partial charge in [0, 0.05) is 26.4 Å². The van der Waals surface area contributed by atoms with Crippen LogP contribution in [0.2, 0.25) is 0 Å². The third-order valence-electron chi connectivity index (χ3n) is 2.00. The van der Waals surface area contributed by atoms with Gasteiger partial charge in [-0.3, -0.25) is 4.79 Å². The van der Waals surface area contributed by atoms with Crippen molar-refractivity contribution in [3.8, 4) is 0 Å². The highest BCUT2D eigenvalue weighted by Gasteiger charge is 1.86. The number of benzene rings is 1. The molecule has 17 heavy (non-hydrogen) atoms. The van der Waals surface area contributed by atoms with Gasteiger partial charge in [-0.25, -0.2) is 0 Å². The second kappa shape index (κ2) is 7.23. The highest BCUT2D eigenvalue weighted by atomic mass is 16.1. The molecule has 88 valence electrons. The zero-order valence-electron chi connectivity index (χ0n) is 10.2. The molecule has 1 aromatic rings. The number of rotatable bonds is 5. The fourth-order valence-electron chi connectivity index (χ4n) is 1.16. The molecule has 0 N–H and O–H groups in total. The van der Waals surface area contributed by atoms with Crippen LogP contribution in [0.4, 0.5) is 0 Å². The second-order valence-electron chi connectivity index (χ2n) is 3.81. The van der Waals surface area contributed by atoms with Crippen LogP contribution in [0.3, 0.4) is 0 Å². The number of hydrogen-bond acceptors (Lipinski definition) is 2. The van der Waals surface area contributed by atoms with Crippen molar-refractivity contribution in [2.75, 3.05) is 14.1 Å². The summed E-state index contributed by atoms with van der Waals surface area (Å²) in [6, 6.07) is 9.96. The number of allylic oxidation sites excluding steroid dienone is 4. The van der Waals surface area contributed by atoms with Crippen LogP contribution in [0, 0.1) is 0 Å². The Morgan fingerprint density at radius 1 is 1.06 bits per heavy atom. The quantitative estimate of drug-likeness (QED) is 0.569. The minimum absolute atomic E-state index is 0.0172. The minimum Gasteiger partial charge on any atom is -0.383 e. The van der Waals surface area contributed by atoms with Crippen molar-refractivity contribution in [3.05, 3.63) is 66.4 Å². The highest BCUT2D eigenvalue weighted by Crippen LogP contribution is 2.00. The number of hydrogen-bond donors (Lipinski definition) is 0. The summed E-state index contributed by atoms with van der Waals surface area (Å²) in [5, 5.41) is 0. The summed E-state index contributed by atoms with van der Waals surface area (Å²) in [5.74, 6) is -0.0172. The molecule has 0 atom stereocenters. The third kappa shape index (κ3) is 6.15. The molecule has 2 heteroatoms. The molecule has 1 rings (SSSR count). The summed E-state index contributed by atoms with van der Waals surface area (Å²) in [5.41, 5.74) is 1.12. The van der Waals surface area contributed by atoms with Crippen LogP contribution in [-0.4, -0.2) is 24.8 Å². The molecule has 0 aliphatic carbocycles. The van der Waals surface area contributed by atoms with Gasteiger partial charge in [0.05, 0.1) is 0 Å². The average Bonchev–Trinajstić information content (AvgIpc) is 2.33. The molecular weight excluding hydrogens is 210 g/mol. The zero-order chi connectivity index (χ0) is 12.5. The Bertz CT molecular complexity index is 427.